The van der Waals surface area contributed by atoms with Crippen LogP contribution in [0.25, 0.3) is 0 Å². The van der Waals surface area contributed by atoms with Gasteiger partial charge in [-0.2, -0.15) is 0 Å². The van der Waals surface area contributed by atoms with Crippen LogP contribution < -0.4 is 0 Å². The number of hydrogen-bond acceptors (Lipinski definition) is 4. The first kappa shape index (κ1) is 19.0. The molecule has 0 saturated heterocycles. The van der Waals surface area contributed by atoms with Crippen molar-refractivity contribution in [2.75, 3.05) is 6.61 Å². The molecule has 2 atom stereocenters. The van der Waals surface area contributed by atoms with Crippen LogP contribution in [0.1, 0.15) is 43.4 Å². The molecule has 7 heteroatoms. The van der Waals surface area contributed by atoms with E-state index >= 15 is 0 Å². The summed E-state index contributed by atoms with van der Waals surface area (Å²) in [6, 6.07) is 7.30. The fourth-order valence-corrected chi connectivity index (χ4v) is 2.78. The van der Waals surface area contributed by atoms with Crippen molar-refractivity contribution in [3.05, 3.63) is 53.6 Å². The van der Waals surface area contributed by atoms with Crippen LogP contribution in [0, 0.1) is 0 Å². The van der Waals surface area contributed by atoms with Crippen LogP contribution in [0.5, 0.6) is 0 Å². The zero-order valence-corrected chi connectivity index (χ0v) is 15.7. The third-order valence-corrected chi connectivity index (χ3v) is 4.37. The van der Waals surface area contributed by atoms with Crippen molar-refractivity contribution in [3.8, 4) is 0 Å². The molecule has 2 unspecified atom stereocenters. The van der Waals surface area contributed by atoms with E-state index in [0.29, 0.717) is 11.6 Å². The number of rotatable bonds is 8. The summed E-state index contributed by atoms with van der Waals surface area (Å²) in [6.45, 7) is 2.67. The SMILES string of the molecule is CCCCCOC(=S)OC(c1ccc(Cl)cc1)C(Cl)n1ccnc1. The summed E-state index contributed by atoms with van der Waals surface area (Å²) in [6.07, 6.45) is 7.71. The van der Waals surface area contributed by atoms with E-state index in [1.165, 1.54) is 0 Å². The van der Waals surface area contributed by atoms with Crippen LogP contribution in [0.4, 0.5) is 0 Å². The Bertz CT molecular complexity index is 620. The van der Waals surface area contributed by atoms with E-state index in [-0.39, 0.29) is 5.24 Å². The summed E-state index contributed by atoms with van der Waals surface area (Å²) in [5.41, 5.74) is 0.332. The summed E-state index contributed by atoms with van der Waals surface area (Å²) in [5.74, 6) is 0. The van der Waals surface area contributed by atoms with Crippen molar-refractivity contribution in [1.29, 1.82) is 0 Å². The average Bonchev–Trinajstić information content (AvgIpc) is 3.11. The van der Waals surface area contributed by atoms with Gasteiger partial charge in [0.2, 0.25) is 0 Å². The molecule has 0 aliphatic heterocycles. The first-order chi connectivity index (χ1) is 11.6. The van der Waals surface area contributed by atoms with Crippen molar-refractivity contribution in [2.24, 2.45) is 0 Å². The van der Waals surface area contributed by atoms with E-state index in [0.717, 1.165) is 24.8 Å². The third kappa shape index (κ3) is 5.65. The van der Waals surface area contributed by atoms with E-state index in [1.54, 1.807) is 35.4 Å². The molecule has 0 bridgehead atoms. The Morgan fingerprint density at radius 2 is 2.04 bits per heavy atom. The van der Waals surface area contributed by atoms with Gasteiger partial charge in [0.05, 0.1) is 12.9 Å². The number of unbranched alkanes of at least 4 members (excludes halogenated alkanes) is 2. The summed E-state index contributed by atoms with van der Waals surface area (Å²) >= 11 is 17.7. The Morgan fingerprint density at radius 1 is 1.29 bits per heavy atom. The molecular formula is C17H20Cl2N2O2S. The van der Waals surface area contributed by atoms with Gasteiger partial charge in [0.25, 0.3) is 0 Å². The molecule has 0 fully saturated rings. The lowest BCUT2D eigenvalue weighted by Gasteiger charge is -2.24. The monoisotopic (exact) mass is 386 g/mol. The molecular weight excluding hydrogens is 367 g/mol. The van der Waals surface area contributed by atoms with Gasteiger partial charge in [-0.1, -0.05) is 55.1 Å². The van der Waals surface area contributed by atoms with Crippen molar-refractivity contribution in [3.63, 3.8) is 0 Å². The van der Waals surface area contributed by atoms with Gasteiger partial charge in [0.1, 0.15) is 0 Å². The highest BCUT2D eigenvalue weighted by atomic mass is 35.5. The van der Waals surface area contributed by atoms with Crippen LogP contribution in [-0.4, -0.2) is 21.4 Å². The standard InChI is InChI=1S/C17H20Cl2N2O2S/c1-2-3-4-11-22-17(24)23-15(13-5-7-14(18)8-6-13)16(19)21-10-9-20-12-21/h5-10,12,15-16H,2-4,11H2,1H3. The molecule has 2 aromatic rings. The first-order valence-corrected chi connectivity index (χ1v) is 9.04. The zero-order chi connectivity index (χ0) is 17.4. The number of hydrogen-bond donors (Lipinski definition) is 0. The van der Waals surface area contributed by atoms with E-state index in [2.05, 4.69) is 11.9 Å². The molecule has 1 aromatic carbocycles. The first-order valence-electron chi connectivity index (χ1n) is 7.82. The molecule has 1 heterocycles. The molecule has 0 N–H and O–H groups in total. The van der Waals surface area contributed by atoms with E-state index in [1.807, 2.05) is 12.1 Å². The Balaban J connectivity index is 2.08. The van der Waals surface area contributed by atoms with E-state index in [4.69, 9.17) is 44.9 Å². The van der Waals surface area contributed by atoms with Gasteiger partial charge in [-0.15, -0.1) is 0 Å². The summed E-state index contributed by atoms with van der Waals surface area (Å²) < 4.78 is 13.1. The molecule has 4 nitrogen and oxygen atoms in total. The van der Waals surface area contributed by atoms with E-state index < -0.39 is 11.6 Å². The molecule has 0 saturated carbocycles. The molecule has 1 aromatic heterocycles. The van der Waals surface area contributed by atoms with Gasteiger partial charge >= 0.3 is 5.24 Å². The molecule has 0 spiro atoms. The molecule has 0 amide bonds. The minimum Gasteiger partial charge on any atom is -0.457 e. The van der Waals surface area contributed by atoms with E-state index in [9.17, 15) is 0 Å². The number of thiocarbonyl (C=S) groups is 1. The van der Waals surface area contributed by atoms with Crippen molar-refractivity contribution < 1.29 is 9.47 Å². The quantitative estimate of drug-likeness (QED) is 0.339. The highest BCUT2D eigenvalue weighted by Crippen LogP contribution is 2.34. The fourth-order valence-electron chi connectivity index (χ4n) is 2.15. The Hall–Kier alpha value is -1.30. The Morgan fingerprint density at radius 3 is 2.67 bits per heavy atom. The zero-order valence-electron chi connectivity index (χ0n) is 13.4. The number of aromatic nitrogens is 2. The lowest BCUT2D eigenvalue weighted by Crippen LogP contribution is -2.20. The largest absolute Gasteiger partial charge is 0.457 e. The van der Waals surface area contributed by atoms with Gasteiger partial charge in [0.15, 0.2) is 11.6 Å². The van der Waals surface area contributed by atoms with Gasteiger partial charge < -0.3 is 14.0 Å². The second kappa shape index (κ2) is 9.87. The van der Waals surface area contributed by atoms with Crippen LogP contribution >= 0.6 is 35.4 Å². The predicted molar refractivity (Wildman–Crippen MR) is 100 cm³/mol. The number of imidazole rings is 1. The lowest BCUT2D eigenvalue weighted by atomic mass is 10.1. The molecule has 130 valence electrons. The smallest absolute Gasteiger partial charge is 0.352 e. The van der Waals surface area contributed by atoms with Crippen LogP contribution in [0.3, 0.4) is 0 Å². The number of halogens is 2. The maximum Gasteiger partial charge on any atom is 0.352 e. The molecule has 0 aliphatic rings. The Kier molecular flexibility index (Phi) is 7.82. The van der Waals surface area contributed by atoms with Crippen molar-refractivity contribution in [2.45, 2.75) is 37.8 Å². The highest BCUT2D eigenvalue weighted by Gasteiger charge is 2.26. The maximum absolute atomic E-state index is 6.57. The number of alkyl halides is 1. The molecule has 0 radical (unpaired) electrons. The molecule has 24 heavy (non-hydrogen) atoms. The number of nitrogens with zero attached hydrogens (tertiary/aromatic N) is 2. The topological polar surface area (TPSA) is 36.3 Å². The second-order valence-corrected chi connectivity index (χ2v) is 6.50. The van der Waals surface area contributed by atoms with Gasteiger partial charge in [-0.3, -0.25) is 0 Å². The lowest BCUT2D eigenvalue weighted by molar-refractivity contribution is 0.100. The normalized spacial score (nSPS) is 13.3. The van der Waals surface area contributed by atoms with Crippen molar-refractivity contribution in [1.82, 2.24) is 9.55 Å². The van der Waals surface area contributed by atoms with Gasteiger partial charge in [0, 0.05) is 29.6 Å². The fraction of sp³-hybridized carbons (Fsp3) is 0.412. The predicted octanol–water partition coefficient (Wildman–Crippen LogP) is 5.52. The van der Waals surface area contributed by atoms with Gasteiger partial charge in [-0.05, 0) is 24.1 Å². The van der Waals surface area contributed by atoms with Crippen LogP contribution in [0.15, 0.2) is 43.0 Å². The van der Waals surface area contributed by atoms with Crippen molar-refractivity contribution >= 4 is 40.7 Å². The minimum absolute atomic E-state index is 0.0943. The molecule has 0 aliphatic carbocycles. The average molecular weight is 387 g/mol. The summed E-state index contributed by atoms with van der Waals surface area (Å²) in [7, 11) is 0. The summed E-state index contributed by atoms with van der Waals surface area (Å²) in [4.78, 5) is 4.02. The molecule has 2 rings (SSSR count). The highest BCUT2D eigenvalue weighted by molar-refractivity contribution is 7.79. The van der Waals surface area contributed by atoms with Gasteiger partial charge in [-0.25, -0.2) is 4.98 Å². The summed E-state index contributed by atoms with van der Waals surface area (Å²) in [5, 5.41) is 0.737. The maximum atomic E-state index is 6.57. The third-order valence-electron chi connectivity index (χ3n) is 3.45. The number of ether oxygens (including phenoxy) is 2. The number of benzene rings is 1. The van der Waals surface area contributed by atoms with Crippen LogP contribution in [0.2, 0.25) is 5.02 Å². The minimum atomic E-state index is -0.522. The second-order valence-electron chi connectivity index (χ2n) is 5.28. The van der Waals surface area contributed by atoms with Crippen LogP contribution in [-0.2, 0) is 9.47 Å². The Labute approximate surface area is 157 Å².